The molecule has 14 heavy (non-hydrogen) atoms. The summed E-state index contributed by atoms with van der Waals surface area (Å²) in [6.45, 7) is -0.630. The maximum Gasteiger partial charge on any atom is 0.335 e. The van der Waals surface area contributed by atoms with Gasteiger partial charge in [-0.15, -0.1) is 0 Å². The molecule has 0 saturated carbocycles. The number of ether oxygens (including phenoxy) is 1. The Labute approximate surface area is 79.2 Å². The number of hydrogen-bond acceptors (Lipinski definition) is 6. The van der Waals surface area contributed by atoms with Crippen LogP contribution in [0.3, 0.4) is 0 Å². The van der Waals surface area contributed by atoms with Gasteiger partial charge >= 0.3 is 5.97 Å². The third-order valence-electron chi connectivity index (χ3n) is 2.14. The van der Waals surface area contributed by atoms with Crippen LogP contribution in [-0.4, -0.2) is 68.6 Å². The molecule has 82 valence electrons. The van der Waals surface area contributed by atoms with Crippen LogP contribution in [0.15, 0.2) is 0 Å². The maximum atomic E-state index is 10.5. The van der Waals surface area contributed by atoms with Crippen molar-refractivity contribution in [3.05, 3.63) is 0 Å². The molecule has 7 heteroatoms. The average molecular weight is 208 g/mol. The highest BCUT2D eigenvalue weighted by Crippen LogP contribution is 2.20. The van der Waals surface area contributed by atoms with Crippen molar-refractivity contribution in [3.63, 3.8) is 0 Å². The fraction of sp³-hybridized carbons (Fsp3) is 0.857. The predicted molar refractivity (Wildman–Crippen MR) is 41.4 cm³/mol. The fourth-order valence-electron chi connectivity index (χ4n) is 1.31. The summed E-state index contributed by atoms with van der Waals surface area (Å²) < 4.78 is 4.68. The van der Waals surface area contributed by atoms with E-state index in [0.717, 1.165) is 0 Å². The standard InChI is InChI=1S/C7H12O7/c8-1-2-3(9)4(10)5(11)6(14-2)7(12)13/h2-6,8-11H,1H2,(H,12,13)/t2-,3-,4+,5-,6+/m1/s1. The van der Waals surface area contributed by atoms with Crippen molar-refractivity contribution in [2.45, 2.75) is 30.5 Å². The van der Waals surface area contributed by atoms with E-state index >= 15 is 0 Å². The van der Waals surface area contributed by atoms with Gasteiger partial charge in [-0.2, -0.15) is 0 Å². The number of aliphatic hydroxyl groups is 4. The van der Waals surface area contributed by atoms with Crippen molar-refractivity contribution in [2.24, 2.45) is 0 Å². The van der Waals surface area contributed by atoms with Crippen LogP contribution in [0, 0.1) is 0 Å². The van der Waals surface area contributed by atoms with Crippen LogP contribution in [0.5, 0.6) is 0 Å². The number of aliphatic carboxylic acids is 1. The topological polar surface area (TPSA) is 127 Å². The van der Waals surface area contributed by atoms with E-state index in [2.05, 4.69) is 4.74 Å². The second-order valence-electron chi connectivity index (χ2n) is 3.09. The summed E-state index contributed by atoms with van der Waals surface area (Å²) in [7, 11) is 0. The van der Waals surface area contributed by atoms with E-state index in [4.69, 9.17) is 10.2 Å². The summed E-state index contributed by atoms with van der Waals surface area (Å²) in [5.41, 5.74) is 0. The Bertz CT molecular complexity index is 216. The van der Waals surface area contributed by atoms with Crippen LogP contribution in [0.4, 0.5) is 0 Å². The number of carbonyl (C=O) groups is 1. The smallest absolute Gasteiger partial charge is 0.335 e. The summed E-state index contributed by atoms with van der Waals surface area (Å²) in [4.78, 5) is 10.5. The van der Waals surface area contributed by atoms with Gasteiger partial charge in [0.1, 0.15) is 24.4 Å². The van der Waals surface area contributed by atoms with E-state index < -0.39 is 43.1 Å². The highest BCUT2D eigenvalue weighted by molar-refractivity contribution is 5.73. The molecule has 0 aromatic heterocycles. The SMILES string of the molecule is O=C(O)[C@H]1O[C@H](CO)[C@@H](O)[C@H](O)[C@H]1O. The second-order valence-corrected chi connectivity index (χ2v) is 3.09. The first-order valence-corrected chi connectivity index (χ1v) is 4.02. The van der Waals surface area contributed by atoms with Gasteiger partial charge in [0, 0.05) is 0 Å². The largest absolute Gasteiger partial charge is 0.479 e. The molecule has 5 atom stereocenters. The second kappa shape index (κ2) is 4.20. The first-order chi connectivity index (χ1) is 6.49. The van der Waals surface area contributed by atoms with Crippen molar-refractivity contribution >= 4 is 5.97 Å². The molecule has 5 N–H and O–H groups in total. The monoisotopic (exact) mass is 208 g/mol. The lowest BCUT2D eigenvalue weighted by Crippen LogP contribution is -2.60. The lowest BCUT2D eigenvalue weighted by atomic mass is 9.95. The van der Waals surface area contributed by atoms with E-state index in [1.807, 2.05) is 0 Å². The van der Waals surface area contributed by atoms with Crippen LogP contribution in [0.1, 0.15) is 0 Å². The lowest BCUT2D eigenvalue weighted by molar-refractivity contribution is -0.233. The van der Waals surface area contributed by atoms with E-state index in [1.165, 1.54) is 0 Å². The van der Waals surface area contributed by atoms with Gasteiger partial charge in [-0.25, -0.2) is 4.79 Å². The van der Waals surface area contributed by atoms with Crippen molar-refractivity contribution in [3.8, 4) is 0 Å². The van der Waals surface area contributed by atoms with E-state index in [0.29, 0.717) is 0 Å². The van der Waals surface area contributed by atoms with Crippen molar-refractivity contribution < 1.29 is 35.1 Å². The van der Waals surface area contributed by atoms with Crippen LogP contribution < -0.4 is 0 Å². The minimum atomic E-state index is -1.70. The first-order valence-electron chi connectivity index (χ1n) is 4.02. The lowest BCUT2D eigenvalue weighted by Gasteiger charge is -2.38. The Morgan fingerprint density at radius 3 is 2.14 bits per heavy atom. The van der Waals surface area contributed by atoms with Crippen LogP contribution in [0.2, 0.25) is 0 Å². The van der Waals surface area contributed by atoms with E-state index in [1.54, 1.807) is 0 Å². The maximum absolute atomic E-state index is 10.5. The molecular formula is C7H12O7. The minimum Gasteiger partial charge on any atom is -0.479 e. The van der Waals surface area contributed by atoms with Crippen LogP contribution in [-0.2, 0) is 9.53 Å². The summed E-state index contributed by atoms with van der Waals surface area (Å²) in [5, 5.41) is 44.9. The number of aliphatic hydroxyl groups excluding tert-OH is 4. The number of carboxylic acids is 1. The zero-order valence-corrected chi connectivity index (χ0v) is 7.15. The van der Waals surface area contributed by atoms with E-state index in [-0.39, 0.29) is 0 Å². The van der Waals surface area contributed by atoms with Crippen LogP contribution >= 0.6 is 0 Å². The minimum absolute atomic E-state index is 0.630. The molecule has 0 aromatic rings. The van der Waals surface area contributed by atoms with Crippen molar-refractivity contribution in [2.75, 3.05) is 6.61 Å². The summed E-state index contributed by atoms with van der Waals surface area (Å²) in [6, 6.07) is 0. The van der Waals surface area contributed by atoms with Gasteiger partial charge in [0.15, 0.2) is 6.10 Å². The molecule has 1 aliphatic rings. The van der Waals surface area contributed by atoms with Gasteiger partial charge in [0.25, 0.3) is 0 Å². The molecule has 0 spiro atoms. The molecule has 1 heterocycles. The normalized spacial score (nSPS) is 43.6. The molecule has 1 fully saturated rings. The Morgan fingerprint density at radius 1 is 1.14 bits per heavy atom. The van der Waals surface area contributed by atoms with Gasteiger partial charge < -0.3 is 30.3 Å². The highest BCUT2D eigenvalue weighted by atomic mass is 16.6. The molecule has 1 saturated heterocycles. The summed E-state index contributed by atoms with van der Waals surface area (Å²) >= 11 is 0. The third kappa shape index (κ3) is 1.86. The first kappa shape index (κ1) is 11.3. The van der Waals surface area contributed by atoms with Gasteiger partial charge in [0.05, 0.1) is 6.61 Å². The average Bonchev–Trinajstić information content (AvgIpc) is 2.14. The quantitative estimate of drug-likeness (QED) is 0.325. The predicted octanol–water partition coefficient (Wildman–Crippen LogP) is -3.09. The Hall–Kier alpha value is -0.730. The summed E-state index contributed by atoms with van der Waals surface area (Å²) in [6.07, 6.45) is -7.67. The molecule has 1 aliphatic heterocycles. The van der Waals surface area contributed by atoms with Gasteiger partial charge in [-0.05, 0) is 0 Å². The number of rotatable bonds is 2. The zero-order chi connectivity index (χ0) is 10.9. The molecule has 0 radical (unpaired) electrons. The Balaban J connectivity index is 2.78. The van der Waals surface area contributed by atoms with Crippen LogP contribution in [0.25, 0.3) is 0 Å². The van der Waals surface area contributed by atoms with Crippen molar-refractivity contribution in [1.29, 1.82) is 0 Å². The molecule has 7 nitrogen and oxygen atoms in total. The fourth-order valence-corrected chi connectivity index (χ4v) is 1.31. The van der Waals surface area contributed by atoms with Crippen molar-refractivity contribution in [1.82, 2.24) is 0 Å². The number of hydrogen-bond donors (Lipinski definition) is 5. The summed E-state index contributed by atoms with van der Waals surface area (Å²) in [5.74, 6) is -1.46. The van der Waals surface area contributed by atoms with Gasteiger partial charge in [0.2, 0.25) is 0 Å². The molecule has 1 rings (SSSR count). The molecule has 0 aromatic carbocycles. The Morgan fingerprint density at radius 2 is 1.71 bits per heavy atom. The molecule has 0 bridgehead atoms. The molecule has 0 aliphatic carbocycles. The highest BCUT2D eigenvalue weighted by Gasteiger charge is 2.46. The molecule has 0 unspecified atom stereocenters. The zero-order valence-electron chi connectivity index (χ0n) is 7.15. The van der Waals surface area contributed by atoms with Gasteiger partial charge in [-0.3, -0.25) is 0 Å². The van der Waals surface area contributed by atoms with E-state index in [9.17, 15) is 20.1 Å². The molecule has 0 amide bonds. The molecular weight excluding hydrogens is 196 g/mol. The van der Waals surface area contributed by atoms with Gasteiger partial charge in [-0.1, -0.05) is 0 Å². The Kier molecular flexibility index (Phi) is 3.40. The third-order valence-corrected chi connectivity index (χ3v) is 2.14. The number of carboxylic acid groups (broad SMARTS) is 1.